The van der Waals surface area contributed by atoms with Crippen LogP contribution in [-0.4, -0.2) is 77.8 Å². The molecule has 0 amide bonds. The molecule has 2 fully saturated rings. The summed E-state index contributed by atoms with van der Waals surface area (Å²) in [6.07, 6.45) is 3.07. The number of nitroso groups, excluding NO2 is 1. The van der Waals surface area contributed by atoms with E-state index in [9.17, 15) is 9.47 Å². The summed E-state index contributed by atoms with van der Waals surface area (Å²) in [7, 11) is -3.24. The molecule has 0 aliphatic carbocycles. The van der Waals surface area contributed by atoms with Crippen LogP contribution in [0.15, 0.2) is 5.29 Å². The van der Waals surface area contributed by atoms with Crippen molar-refractivity contribution >= 4 is 19.3 Å². The maximum absolute atomic E-state index is 13.4. The molecule has 2 heterocycles. The third-order valence-corrected chi connectivity index (χ3v) is 7.03. The fraction of sp³-hybridized carbons (Fsp3) is 1.00. The van der Waals surface area contributed by atoms with Crippen molar-refractivity contribution in [3.63, 3.8) is 0 Å². The van der Waals surface area contributed by atoms with E-state index in [-0.39, 0.29) is 12.4 Å². The third-order valence-electron chi connectivity index (χ3n) is 4.23. The van der Waals surface area contributed by atoms with Gasteiger partial charge in [0.15, 0.2) is 0 Å². The van der Waals surface area contributed by atoms with Gasteiger partial charge in [0, 0.05) is 38.6 Å². The van der Waals surface area contributed by atoms with Crippen molar-refractivity contribution in [1.29, 1.82) is 0 Å². The Morgan fingerprint density at radius 3 is 2.61 bits per heavy atom. The summed E-state index contributed by atoms with van der Waals surface area (Å²) in [5.74, 6) is 0.243. The van der Waals surface area contributed by atoms with E-state index in [2.05, 4.69) is 17.1 Å². The number of alkyl halides is 1. The lowest BCUT2D eigenvalue weighted by molar-refractivity contribution is 0.00394. The van der Waals surface area contributed by atoms with Crippen LogP contribution in [0.3, 0.4) is 0 Å². The topological polar surface area (TPSA) is 68.7 Å². The van der Waals surface area contributed by atoms with E-state index in [1.165, 1.54) is 17.6 Å². The van der Waals surface area contributed by atoms with Gasteiger partial charge in [-0.25, -0.2) is 4.67 Å². The molecule has 2 saturated heterocycles. The first kappa shape index (κ1) is 19.1. The molecule has 1 atom stereocenters. The first-order chi connectivity index (χ1) is 11.2. The van der Waals surface area contributed by atoms with Crippen molar-refractivity contribution < 1.29 is 9.09 Å². The van der Waals surface area contributed by atoms with Crippen LogP contribution in [0.25, 0.3) is 0 Å². The molecule has 0 aromatic carbocycles. The predicted octanol–water partition coefficient (Wildman–Crippen LogP) is 2.37. The zero-order valence-corrected chi connectivity index (χ0v) is 15.4. The summed E-state index contributed by atoms with van der Waals surface area (Å²) in [5, 5.41) is 4.15. The molecule has 2 aliphatic rings. The Labute approximate surface area is 143 Å². The minimum absolute atomic E-state index is 0.231. The minimum Gasteiger partial charge on any atom is -0.305 e. The number of nitrogens with zero attached hydrogens (tertiary/aromatic N) is 5. The maximum atomic E-state index is 13.4. The zero-order chi connectivity index (χ0) is 16.7. The number of hydrogen-bond acceptors (Lipinski definition) is 5. The van der Waals surface area contributed by atoms with Gasteiger partial charge in [-0.15, -0.1) is 21.3 Å². The van der Waals surface area contributed by atoms with Gasteiger partial charge in [-0.1, -0.05) is 13.3 Å². The molecule has 0 saturated carbocycles. The Balaban J connectivity index is 2.02. The number of rotatable bonds is 8. The van der Waals surface area contributed by atoms with Crippen molar-refractivity contribution in [3.8, 4) is 0 Å². The Morgan fingerprint density at radius 1 is 1.26 bits per heavy atom. The molecule has 0 aromatic rings. The van der Waals surface area contributed by atoms with E-state index in [0.29, 0.717) is 26.2 Å². The molecule has 0 aromatic heterocycles. The highest BCUT2D eigenvalue weighted by Gasteiger charge is 2.45. The van der Waals surface area contributed by atoms with Crippen molar-refractivity contribution in [2.75, 3.05) is 58.3 Å². The molecule has 10 heteroatoms. The lowest BCUT2D eigenvalue weighted by Gasteiger charge is -2.45. The van der Waals surface area contributed by atoms with E-state index in [0.717, 1.165) is 31.2 Å². The van der Waals surface area contributed by atoms with Gasteiger partial charge in [0.05, 0.1) is 18.4 Å². The lowest BCUT2D eigenvalue weighted by atomic mass is 10.3. The van der Waals surface area contributed by atoms with Gasteiger partial charge in [0.2, 0.25) is 0 Å². The summed E-state index contributed by atoms with van der Waals surface area (Å²) in [6, 6.07) is 0. The van der Waals surface area contributed by atoms with Gasteiger partial charge in [0.1, 0.15) is 0 Å². The standard InChI is InChI=1S/C13H27ClN5O3P/c1-2-3-6-16-9-11-17(12-10-16)23(21)19(7-4-13-22-23)18(15-20)8-5-14/h2-13H2,1H3. The fourth-order valence-corrected chi connectivity index (χ4v) is 5.49. The average Bonchev–Trinajstić information content (AvgIpc) is 2.59. The smallest absolute Gasteiger partial charge is 0.305 e. The van der Waals surface area contributed by atoms with Crippen LogP contribution in [-0.2, 0) is 9.09 Å². The molecule has 0 radical (unpaired) electrons. The third kappa shape index (κ3) is 4.65. The molecule has 0 spiro atoms. The normalized spacial score (nSPS) is 27.9. The molecule has 1 unspecified atom stereocenters. The second kappa shape index (κ2) is 9.30. The zero-order valence-electron chi connectivity index (χ0n) is 13.8. The molecule has 0 bridgehead atoms. The van der Waals surface area contributed by atoms with Crippen LogP contribution in [0.4, 0.5) is 0 Å². The maximum Gasteiger partial charge on any atom is 0.365 e. The molecule has 0 N–H and O–H groups in total. The highest BCUT2D eigenvalue weighted by Crippen LogP contribution is 2.57. The van der Waals surface area contributed by atoms with Crippen molar-refractivity contribution in [2.45, 2.75) is 26.2 Å². The van der Waals surface area contributed by atoms with E-state index in [4.69, 9.17) is 16.1 Å². The van der Waals surface area contributed by atoms with E-state index < -0.39 is 7.67 Å². The van der Waals surface area contributed by atoms with Crippen LogP contribution < -0.4 is 0 Å². The molecular formula is C13H27ClN5O3P. The van der Waals surface area contributed by atoms with Gasteiger partial charge < -0.3 is 9.42 Å². The van der Waals surface area contributed by atoms with Gasteiger partial charge in [-0.2, -0.15) is 5.12 Å². The largest absolute Gasteiger partial charge is 0.365 e. The van der Waals surface area contributed by atoms with Gasteiger partial charge in [-0.05, 0) is 19.4 Å². The summed E-state index contributed by atoms with van der Waals surface area (Å²) in [5.41, 5.74) is 0. The number of unbranched alkanes of at least 4 members (excludes halogenated alkanes) is 1. The highest BCUT2D eigenvalue weighted by molar-refractivity contribution is 7.53. The van der Waals surface area contributed by atoms with Gasteiger partial charge in [-0.3, -0.25) is 4.57 Å². The summed E-state index contributed by atoms with van der Waals surface area (Å²) in [4.78, 5) is 13.5. The van der Waals surface area contributed by atoms with E-state index in [1.54, 1.807) is 0 Å². The SMILES string of the molecule is CCCCN1CCN(P2(=O)OCCCN2N(CCCl)N=O)CC1. The van der Waals surface area contributed by atoms with E-state index in [1.807, 2.05) is 4.67 Å². The quantitative estimate of drug-likeness (QED) is 0.282. The second-order valence-corrected chi connectivity index (χ2v) is 8.43. The Bertz CT molecular complexity index is 422. The van der Waals surface area contributed by atoms with Crippen LogP contribution in [0.2, 0.25) is 0 Å². The second-order valence-electron chi connectivity index (χ2n) is 5.79. The first-order valence-corrected chi connectivity index (χ1v) is 10.4. The van der Waals surface area contributed by atoms with Gasteiger partial charge >= 0.3 is 7.67 Å². The van der Waals surface area contributed by atoms with E-state index >= 15 is 0 Å². The van der Waals surface area contributed by atoms with Crippen LogP contribution in [0.1, 0.15) is 26.2 Å². The van der Waals surface area contributed by atoms with Crippen LogP contribution in [0.5, 0.6) is 0 Å². The summed E-state index contributed by atoms with van der Waals surface area (Å²) >= 11 is 5.72. The monoisotopic (exact) mass is 367 g/mol. The summed E-state index contributed by atoms with van der Waals surface area (Å²) < 4.78 is 22.5. The Kier molecular flexibility index (Phi) is 7.72. The number of piperazine rings is 1. The molecule has 134 valence electrons. The fourth-order valence-electron chi connectivity index (χ4n) is 2.93. The average molecular weight is 368 g/mol. The van der Waals surface area contributed by atoms with Crippen molar-refractivity contribution in [3.05, 3.63) is 4.91 Å². The van der Waals surface area contributed by atoms with Gasteiger partial charge in [0.25, 0.3) is 0 Å². The molecule has 8 nitrogen and oxygen atoms in total. The predicted molar refractivity (Wildman–Crippen MR) is 91.0 cm³/mol. The lowest BCUT2D eigenvalue weighted by Crippen LogP contribution is -2.51. The number of hydrogen-bond donors (Lipinski definition) is 0. The minimum atomic E-state index is -3.24. The van der Waals surface area contributed by atoms with Crippen LogP contribution >= 0.6 is 19.3 Å². The van der Waals surface area contributed by atoms with Crippen molar-refractivity contribution in [2.24, 2.45) is 5.29 Å². The van der Waals surface area contributed by atoms with Crippen LogP contribution in [0, 0.1) is 4.91 Å². The molecule has 23 heavy (non-hydrogen) atoms. The Morgan fingerprint density at radius 2 is 2.00 bits per heavy atom. The molecular weight excluding hydrogens is 341 g/mol. The highest BCUT2D eigenvalue weighted by atomic mass is 35.5. The van der Waals surface area contributed by atoms with Crippen molar-refractivity contribution in [1.82, 2.24) is 19.5 Å². The number of halogens is 1. The first-order valence-electron chi connectivity index (χ1n) is 8.32. The summed E-state index contributed by atoms with van der Waals surface area (Å²) in [6.45, 7) is 7.50. The Hall–Kier alpha value is -0.240. The molecule has 2 aliphatic heterocycles. The number of hydrazine groups is 1. The molecule has 2 rings (SSSR count).